The highest BCUT2D eigenvalue weighted by atomic mass is 16.5. The van der Waals surface area contributed by atoms with Crippen LogP contribution in [0.5, 0.6) is 11.5 Å². The molecule has 0 spiro atoms. The normalized spacial score (nSPS) is 10.4. The summed E-state index contributed by atoms with van der Waals surface area (Å²) in [6.45, 7) is 4.13. The fourth-order valence-corrected chi connectivity index (χ4v) is 2.24. The van der Waals surface area contributed by atoms with Gasteiger partial charge in [-0.05, 0) is 61.2 Å². The molecule has 110 valence electrons. The van der Waals surface area contributed by atoms with Crippen LogP contribution < -0.4 is 10.5 Å². The van der Waals surface area contributed by atoms with Gasteiger partial charge in [0.15, 0.2) is 0 Å². The molecular formula is C18H22N2O. The van der Waals surface area contributed by atoms with Crippen molar-refractivity contribution in [2.45, 2.75) is 33.1 Å². The number of hydrogen-bond acceptors (Lipinski definition) is 2. The first-order valence-electron chi connectivity index (χ1n) is 7.32. The molecule has 0 saturated heterocycles. The van der Waals surface area contributed by atoms with Gasteiger partial charge < -0.3 is 10.5 Å². The molecule has 0 atom stereocenters. The van der Waals surface area contributed by atoms with Crippen LogP contribution in [-0.4, -0.2) is 5.84 Å². The van der Waals surface area contributed by atoms with E-state index in [1.165, 1.54) is 18.4 Å². The minimum absolute atomic E-state index is 0.0827. The van der Waals surface area contributed by atoms with E-state index in [1.807, 2.05) is 37.3 Å². The Bertz CT molecular complexity index is 618. The standard InChI is InChI=1S/C18H22N2O/c1-3-4-5-14-6-8-15(9-7-14)21-16-10-11-17(18(19)20)13(2)12-16/h6-12H,3-5H2,1-2H3,(H3,19,20). The summed E-state index contributed by atoms with van der Waals surface area (Å²) >= 11 is 0. The van der Waals surface area contributed by atoms with Crippen LogP contribution >= 0.6 is 0 Å². The number of aryl methyl sites for hydroxylation is 2. The van der Waals surface area contributed by atoms with E-state index in [4.69, 9.17) is 15.9 Å². The Kier molecular flexibility index (Phi) is 4.99. The highest BCUT2D eigenvalue weighted by Crippen LogP contribution is 2.24. The van der Waals surface area contributed by atoms with Gasteiger partial charge in [-0.3, -0.25) is 5.41 Å². The molecule has 21 heavy (non-hydrogen) atoms. The zero-order valence-electron chi connectivity index (χ0n) is 12.6. The van der Waals surface area contributed by atoms with Crippen LogP contribution in [0, 0.1) is 12.3 Å². The van der Waals surface area contributed by atoms with Crippen molar-refractivity contribution in [3.63, 3.8) is 0 Å². The summed E-state index contributed by atoms with van der Waals surface area (Å²) in [7, 11) is 0. The third-order valence-corrected chi connectivity index (χ3v) is 3.47. The number of unbranched alkanes of at least 4 members (excludes halogenated alkanes) is 1. The Morgan fingerprint density at radius 3 is 2.33 bits per heavy atom. The first kappa shape index (κ1) is 15.1. The summed E-state index contributed by atoms with van der Waals surface area (Å²) in [4.78, 5) is 0. The third kappa shape index (κ3) is 4.09. The maximum atomic E-state index is 7.48. The number of ether oxygens (including phenoxy) is 1. The number of hydrogen-bond donors (Lipinski definition) is 2. The summed E-state index contributed by atoms with van der Waals surface area (Å²) in [5.41, 5.74) is 8.55. The monoisotopic (exact) mass is 282 g/mol. The summed E-state index contributed by atoms with van der Waals surface area (Å²) in [5, 5.41) is 7.48. The van der Waals surface area contributed by atoms with Gasteiger partial charge in [0.2, 0.25) is 0 Å². The molecule has 2 aromatic rings. The predicted octanol–water partition coefficient (Wildman–Crippen LogP) is 4.41. The van der Waals surface area contributed by atoms with Crippen LogP contribution in [0.15, 0.2) is 42.5 Å². The van der Waals surface area contributed by atoms with Crippen molar-refractivity contribution in [2.24, 2.45) is 5.73 Å². The molecule has 0 radical (unpaired) electrons. The van der Waals surface area contributed by atoms with Gasteiger partial charge in [-0.25, -0.2) is 0 Å². The molecule has 3 heteroatoms. The molecule has 3 nitrogen and oxygen atoms in total. The van der Waals surface area contributed by atoms with Crippen LogP contribution in [0.2, 0.25) is 0 Å². The van der Waals surface area contributed by atoms with E-state index in [9.17, 15) is 0 Å². The van der Waals surface area contributed by atoms with Crippen LogP contribution in [0.3, 0.4) is 0 Å². The molecule has 0 heterocycles. The lowest BCUT2D eigenvalue weighted by atomic mass is 10.1. The van der Waals surface area contributed by atoms with Gasteiger partial charge in [-0.15, -0.1) is 0 Å². The highest BCUT2D eigenvalue weighted by Gasteiger charge is 2.04. The Hall–Kier alpha value is -2.29. The molecule has 0 aliphatic carbocycles. The highest BCUT2D eigenvalue weighted by molar-refractivity contribution is 5.96. The number of nitrogens with one attached hydrogen (secondary N) is 1. The van der Waals surface area contributed by atoms with E-state index in [1.54, 1.807) is 0 Å². The average Bonchev–Trinajstić information content (AvgIpc) is 2.46. The predicted molar refractivity (Wildman–Crippen MR) is 87.3 cm³/mol. The van der Waals surface area contributed by atoms with Crippen molar-refractivity contribution in [3.8, 4) is 11.5 Å². The second-order valence-electron chi connectivity index (χ2n) is 5.24. The SMILES string of the molecule is CCCCc1ccc(Oc2ccc(C(=N)N)c(C)c2)cc1. The van der Waals surface area contributed by atoms with Crippen LogP contribution in [0.1, 0.15) is 36.5 Å². The van der Waals surface area contributed by atoms with E-state index in [0.29, 0.717) is 0 Å². The van der Waals surface area contributed by atoms with Gasteiger partial charge >= 0.3 is 0 Å². The zero-order valence-corrected chi connectivity index (χ0v) is 12.6. The van der Waals surface area contributed by atoms with Gasteiger partial charge in [0.25, 0.3) is 0 Å². The van der Waals surface area contributed by atoms with Gasteiger partial charge in [-0.1, -0.05) is 25.5 Å². The number of amidine groups is 1. The molecule has 0 aliphatic rings. The maximum Gasteiger partial charge on any atom is 0.127 e. The Labute approximate surface area is 126 Å². The molecule has 0 amide bonds. The molecule has 0 saturated carbocycles. The van der Waals surface area contributed by atoms with Crippen molar-refractivity contribution in [1.82, 2.24) is 0 Å². The quantitative estimate of drug-likeness (QED) is 0.609. The van der Waals surface area contributed by atoms with E-state index >= 15 is 0 Å². The van der Waals surface area contributed by atoms with E-state index < -0.39 is 0 Å². The number of nitrogens with two attached hydrogens (primary N) is 1. The number of nitrogen functional groups attached to an aromatic ring is 1. The minimum atomic E-state index is 0.0827. The van der Waals surface area contributed by atoms with E-state index in [-0.39, 0.29) is 5.84 Å². The van der Waals surface area contributed by atoms with E-state index in [0.717, 1.165) is 29.0 Å². The lowest BCUT2D eigenvalue weighted by Gasteiger charge is -2.09. The molecule has 0 bridgehead atoms. The number of benzene rings is 2. The zero-order chi connectivity index (χ0) is 15.2. The average molecular weight is 282 g/mol. The molecule has 2 aromatic carbocycles. The summed E-state index contributed by atoms with van der Waals surface area (Å²) < 4.78 is 5.84. The lowest BCUT2D eigenvalue weighted by molar-refractivity contribution is 0.482. The lowest BCUT2D eigenvalue weighted by Crippen LogP contribution is -2.12. The van der Waals surface area contributed by atoms with Gasteiger partial charge in [0.05, 0.1) is 0 Å². The van der Waals surface area contributed by atoms with Crippen LogP contribution in [0.25, 0.3) is 0 Å². The van der Waals surface area contributed by atoms with Crippen molar-refractivity contribution in [1.29, 1.82) is 5.41 Å². The molecule has 3 N–H and O–H groups in total. The summed E-state index contributed by atoms with van der Waals surface area (Å²) in [6, 6.07) is 13.8. The topological polar surface area (TPSA) is 59.1 Å². The van der Waals surface area contributed by atoms with Gasteiger partial charge in [0.1, 0.15) is 17.3 Å². The van der Waals surface area contributed by atoms with Crippen molar-refractivity contribution in [3.05, 3.63) is 59.2 Å². The first-order chi connectivity index (χ1) is 10.1. The number of rotatable bonds is 6. The van der Waals surface area contributed by atoms with Gasteiger partial charge in [0, 0.05) is 5.56 Å². The second kappa shape index (κ2) is 6.93. The minimum Gasteiger partial charge on any atom is -0.457 e. The smallest absolute Gasteiger partial charge is 0.127 e. The Balaban J connectivity index is 2.07. The maximum absolute atomic E-state index is 7.48. The van der Waals surface area contributed by atoms with Crippen molar-refractivity contribution >= 4 is 5.84 Å². The largest absolute Gasteiger partial charge is 0.457 e. The fourth-order valence-electron chi connectivity index (χ4n) is 2.24. The molecule has 0 fully saturated rings. The Morgan fingerprint density at radius 2 is 1.76 bits per heavy atom. The molecule has 0 unspecified atom stereocenters. The molecule has 0 aliphatic heterocycles. The van der Waals surface area contributed by atoms with Crippen molar-refractivity contribution in [2.75, 3.05) is 0 Å². The fraction of sp³-hybridized carbons (Fsp3) is 0.278. The van der Waals surface area contributed by atoms with E-state index in [2.05, 4.69) is 19.1 Å². The van der Waals surface area contributed by atoms with Crippen LogP contribution in [-0.2, 0) is 6.42 Å². The molecule has 0 aromatic heterocycles. The molecular weight excluding hydrogens is 260 g/mol. The second-order valence-corrected chi connectivity index (χ2v) is 5.24. The van der Waals surface area contributed by atoms with Gasteiger partial charge in [-0.2, -0.15) is 0 Å². The first-order valence-corrected chi connectivity index (χ1v) is 7.32. The summed E-state index contributed by atoms with van der Waals surface area (Å²) in [6.07, 6.45) is 3.54. The summed E-state index contributed by atoms with van der Waals surface area (Å²) in [5.74, 6) is 1.67. The van der Waals surface area contributed by atoms with Crippen LogP contribution in [0.4, 0.5) is 0 Å². The van der Waals surface area contributed by atoms with Crippen molar-refractivity contribution < 1.29 is 4.74 Å². The molecule has 2 rings (SSSR count). The third-order valence-electron chi connectivity index (χ3n) is 3.47. The Morgan fingerprint density at radius 1 is 1.10 bits per heavy atom.